The summed E-state index contributed by atoms with van der Waals surface area (Å²) in [5.74, 6) is 0.143. The average molecular weight is 359 g/mol. The van der Waals surface area contributed by atoms with E-state index in [9.17, 15) is 9.59 Å². The fourth-order valence-corrected chi connectivity index (χ4v) is 2.55. The average Bonchev–Trinajstić information content (AvgIpc) is 2.66. The summed E-state index contributed by atoms with van der Waals surface area (Å²) in [5.41, 5.74) is 1.64. The summed E-state index contributed by atoms with van der Waals surface area (Å²) in [4.78, 5) is 24.7. The Morgan fingerprint density at radius 2 is 1.54 bits per heavy atom. The van der Waals surface area contributed by atoms with Gasteiger partial charge in [-0.1, -0.05) is 12.1 Å². The summed E-state index contributed by atoms with van der Waals surface area (Å²) in [6.45, 7) is 1.77. The molecule has 0 aromatic heterocycles. The highest BCUT2D eigenvalue weighted by molar-refractivity contribution is 6.09. The summed E-state index contributed by atoms with van der Waals surface area (Å²) in [5, 5.41) is 2.73. The van der Waals surface area contributed by atoms with Crippen LogP contribution in [-0.2, 0) is 4.74 Å². The molecule has 0 bridgehead atoms. The molecule has 2 rings (SSSR count). The van der Waals surface area contributed by atoms with Gasteiger partial charge in [-0.2, -0.15) is 0 Å². The van der Waals surface area contributed by atoms with Crippen molar-refractivity contribution < 1.29 is 28.5 Å². The molecular weight excluding hydrogens is 338 g/mol. The molecule has 1 amide bonds. The fraction of sp³-hybridized carbons (Fsp3) is 0.263. The lowest BCUT2D eigenvalue weighted by molar-refractivity contribution is 0.0601. The maximum absolute atomic E-state index is 12.7. The third kappa shape index (κ3) is 3.72. The number of esters is 1. The molecule has 7 nitrogen and oxygen atoms in total. The van der Waals surface area contributed by atoms with Gasteiger partial charge in [0.15, 0.2) is 11.5 Å². The van der Waals surface area contributed by atoms with Crippen LogP contribution >= 0.6 is 0 Å². The highest BCUT2D eigenvalue weighted by atomic mass is 16.5. The highest BCUT2D eigenvalue weighted by Crippen LogP contribution is 2.38. The molecule has 26 heavy (non-hydrogen) atoms. The lowest BCUT2D eigenvalue weighted by atomic mass is 10.1. The lowest BCUT2D eigenvalue weighted by Gasteiger charge is -2.15. The standard InChI is InChI=1S/C19H21NO6/c1-11-7-6-8-13(16(11)19(22)26-5)20-18(21)12-9-14(23-2)17(25-4)15(10-12)24-3/h6-10H,1-5H3,(H,20,21). The third-order valence-electron chi connectivity index (χ3n) is 3.84. The zero-order chi connectivity index (χ0) is 19.3. The minimum Gasteiger partial charge on any atom is -0.493 e. The first-order chi connectivity index (χ1) is 12.5. The van der Waals surface area contributed by atoms with E-state index in [4.69, 9.17) is 18.9 Å². The van der Waals surface area contributed by atoms with E-state index in [1.165, 1.54) is 40.6 Å². The molecule has 0 unspecified atom stereocenters. The second kappa shape index (κ2) is 8.24. The van der Waals surface area contributed by atoms with Crippen molar-refractivity contribution in [2.24, 2.45) is 0 Å². The number of anilines is 1. The number of amides is 1. The molecule has 0 atom stereocenters. The molecular formula is C19H21NO6. The predicted octanol–water partition coefficient (Wildman–Crippen LogP) is 3.06. The number of carbonyl (C=O) groups is 2. The summed E-state index contributed by atoms with van der Waals surface area (Å²) >= 11 is 0. The summed E-state index contributed by atoms with van der Waals surface area (Å²) < 4.78 is 20.6. The van der Waals surface area contributed by atoms with Gasteiger partial charge in [-0.15, -0.1) is 0 Å². The Hall–Kier alpha value is -3.22. The normalized spacial score (nSPS) is 10.0. The Morgan fingerprint density at radius 1 is 0.923 bits per heavy atom. The number of ether oxygens (including phenoxy) is 4. The van der Waals surface area contributed by atoms with Crippen molar-refractivity contribution in [3.63, 3.8) is 0 Å². The predicted molar refractivity (Wildman–Crippen MR) is 96.6 cm³/mol. The van der Waals surface area contributed by atoms with Crippen molar-refractivity contribution in [1.29, 1.82) is 0 Å². The van der Waals surface area contributed by atoms with Crippen LogP contribution in [0.25, 0.3) is 0 Å². The second-order valence-electron chi connectivity index (χ2n) is 5.36. The number of aryl methyl sites for hydroxylation is 1. The van der Waals surface area contributed by atoms with Crippen LogP contribution in [0.3, 0.4) is 0 Å². The third-order valence-corrected chi connectivity index (χ3v) is 3.84. The Kier molecular flexibility index (Phi) is 6.06. The minimum atomic E-state index is -0.525. The van der Waals surface area contributed by atoms with E-state index in [1.807, 2.05) is 0 Å². The zero-order valence-electron chi connectivity index (χ0n) is 15.3. The largest absolute Gasteiger partial charge is 0.493 e. The maximum atomic E-state index is 12.7. The van der Waals surface area contributed by atoms with Crippen molar-refractivity contribution in [1.82, 2.24) is 0 Å². The van der Waals surface area contributed by atoms with E-state index in [1.54, 1.807) is 25.1 Å². The van der Waals surface area contributed by atoms with E-state index in [-0.39, 0.29) is 5.56 Å². The number of nitrogens with one attached hydrogen (secondary N) is 1. The first kappa shape index (κ1) is 19.1. The molecule has 0 saturated carbocycles. The van der Waals surface area contributed by atoms with E-state index < -0.39 is 11.9 Å². The molecule has 138 valence electrons. The van der Waals surface area contributed by atoms with Crippen LogP contribution in [0.1, 0.15) is 26.3 Å². The molecule has 0 aliphatic heterocycles. The van der Waals surface area contributed by atoms with Gasteiger partial charge in [0.2, 0.25) is 5.75 Å². The molecule has 2 aromatic carbocycles. The molecule has 0 spiro atoms. The van der Waals surface area contributed by atoms with Crippen LogP contribution in [-0.4, -0.2) is 40.3 Å². The van der Waals surface area contributed by atoms with Gasteiger partial charge in [0.05, 0.1) is 39.7 Å². The molecule has 7 heteroatoms. The van der Waals surface area contributed by atoms with Gasteiger partial charge in [-0.3, -0.25) is 4.79 Å². The van der Waals surface area contributed by atoms with Crippen LogP contribution in [0, 0.1) is 6.92 Å². The highest BCUT2D eigenvalue weighted by Gasteiger charge is 2.20. The zero-order valence-corrected chi connectivity index (χ0v) is 15.3. The van der Waals surface area contributed by atoms with Gasteiger partial charge in [0.1, 0.15) is 0 Å². The van der Waals surface area contributed by atoms with Gasteiger partial charge in [-0.05, 0) is 30.7 Å². The molecule has 0 radical (unpaired) electrons. The molecule has 2 aromatic rings. The molecule has 0 aliphatic rings. The van der Waals surface area contributed by atoms with E-state index in [0.717, 1.165) is 0 Å². The SMILES string of the molecule is COC(=O)c1c(C)cccc1NC(=O)c1cc(OC)c(OC)c(OC)c1. The van der Waals surface area contributed by atoms with Crippen molar-refractivity contribution in [3.05, 3.63) is 47.0 Å². The van der Waals surface area contributed by atoms with Gasteiger partial charge in [0.25, 0.3) is 5.91 Å². The quantitative estimate of drug-likeness (QED) is 0.798. The van der Waals surface area contributed by atoms with Crippen LogP contribution in [0.15, 0.2) is 30.3 Å². The van der Waals surface area contributed by atoms with E-state index in [2.05, 4.69) is 5.32 Å². The Labute approximate surface area is 151 Å². The number of hydrogen-bond donors (Lipinski definition) is 1. The minimum absolute atomic E-state index is 0.289. The van der Waals surface area contributed by atoms with Crippen molar-refractivity contribution in [2.45, 2.75) is 6.92 Å². The van der Waals surface area contributed by atoms with Crippen LogP contribution in [0.5, 0.6) is 17.2 Å². The molecule has 0 saturated heterocycles. The number of methoxy groups -OCH3 is 4. The lowest BCUT2D eigenvalue weighted by Crippen LogP contribution is -2.16. The summed E-state index contributed by atoms with van der Waals surface area (Å²) in [7, 11) is 5.71. The number of carbonyl (C=O) groups excluding carboxylic acids is 2. The van der Waals surface area contributed by atoms with Gasteiger partial charge >= 0.3 is 5.97 Å². The topological polar surface area (TPSA) is 83.1 Å². The number of rotatable bonds is 6. The van der Waals surface area contributed by atoms with Gasteiger partial charge in [0, 0.05) is 5.56 Å². The van der Waals surface area contributed by atoms with E-state index >= 15 is 0 Å². The monoisotopic (exact) mass is 359 g/mol. The van der Waals surface area contributed by atoms with Crippen LogP contribution < -0.4 is 19.5 Å². The Morgan fingerprint density at radius 3 is 2.04 bits per heavy atom. The van der Waals surface area contributed by atoms with Gasteiger partial charge in [-0.25, -0.2) is 4.79 Å². The first-order valence-electron chi connectivity index (χ1n) is 7.76. The van der Waals surface area contributed by atoms with Crippen molar-refractivity contribution in [2.75, 3.05) is 33.8 Å². The second-order valence-corrected chi connectivity index (χ2v) is 5.36. The van der Waals surface area contributed by atoms with E-state index in [0.29, 0.717) is 34.1 Å². The number of hydrogen-bond acceptors (Lipinski definition) is 6. The maximum Gasteiger partial charge on any atom is 0.340 e. The van der Waals surface area contributed by atoms with Gasteiger partial charge < -0.3 is 24.3 Å². The molecule has 0 heterocycles. The van der Waals surface area contributed by atoms with Crippen LogP contribution in [0.2, 0.25) is 0 Å². The Bertz CT molecular complexity index is 806. The Balaban J connectivity index is 2.43. The summed E-state index contributed by atoms with van der Waals surface area (Å²) in [6.07, 6.45) is 0. The molecule has 0 aliphatic carbocycles. The van der Waals surface area contributed by atoms with Crippen molar-refractivity contribution >= 4 is 17.6 Å². The fourth-order valence-electron chi connectivity index (χ4n) is 2.55. The summed E-state index contributed by atoms with van der Waals surface area (Å²) in [6, 6.07) is 8.21. The van der Waals surface area contributed by atoms with Crippen molar-refractivity contribution in [3.8, 4) is 17.2 Å². The first-order valence-corrected chi connectivity index (χ1v) is 7.76. The number of benzene rings is 2. The molecule has 0 fully saturated rings. The smallest absolute Gasteiger partial charge is 0.340 e. The van der Waals surface area contributed by atoms with Crippen LogP contribution in [0.4, 0.5) is 5.69 Å². The molecule has 1 N–H and O–H groups in total.